The van der Waals surface area contributed by atoms with E-state index in [4.69, 9.17) is 20.9 Å². The summed E-state index contributed by atoms with van der Waals surface area (Å²) >= 11 is 6.01. The molecule has 0 spiro atoms. The summed E-state index contributed by atoms with van der Waals surface area (Å²) in [6.45, 7) is 1.82. The van der Waals surface area contributed by atoms with Gasteiger partial charge in [0, 0.05) is 17.3 Å². The molecule has 0 unspecified atom stereocenters. The summed E-state index contributed by atoms with van der Waals surface area (Å²) < 4.78 is 10.3. The van der Waals surface area contributed by atoms with E-state index in [1.807, 2.05) is 6.92 Å². The highest BCUT2D eigenvalue weighted by molar-refractivity contribution is 6.31. The molecule has 0 bridgehead atoms. The second-order valence-electron chi connectivity index (χ2n) is 4.68. The summed E-state index contributed by atoms with van der Waals surface area (Å²) in [5.74, 6) is 2.91. The maximum atomic E-state index is 6.01. The zero-order valence-corrected chi connectivity index (χ0v) is 13.3. The van der Waals surface area contributed by atoms with Crippen molar-refractivity contribution < 1.29 is 9.26 Å². The molecule has 23 heavy (non-hydrogen) atoms. The molecular weight excluding hydrogens is 318 g/mol. The first kappa shape index (κ1) is 15.1. The van der Waals surface area contributed by atoms with Gasteiger partial charge in [-0.15, -0.1) is 0 Å². The number of rotatable bonds is 5. The predicted molar refractivity (Wildman–Crippen MR) is 87.8 cm³/mol. The molecule has 0 saturated heterocycles. The van der Waals surface area contributed by atoms with Gasteiger partial charge in [-0.3, -0.25) is 0 Å². The van der Waals surface area contributed by atoms with E-state index in [2.05, 4.69) is 25.8 Å². The molecule has 0 atom stereocenters. The van der Waals surface area contributed by atoms with Crippen molar-refractivity contribution in [1.82, 2.24) is 15.1 Å². The van der Waals surface area contributed by atoms with Gasteiger partial charge in [-0.1, -0.05) is 16.8 Å². The van der Waals surface area contributed by atoms with Gasteiger partial charge >= 0.3 is 0 Å². The molecule has 2 aromatic heterocycles. The lowest BCUT2D eigenvalue weighted by molar-refractivity contribution is 0.400. The third-order valence-corrected chi connectivity index (χ3v) is 3.18. The van der Waals surface area contributed by atoms with E-state index in [1.54, 1.807) is 43.6 Å². The van der Waals surface area contributed by atoms with Crippen LogP contribution in [0.3, 0.4) is 0 Å². The van der Waals surface area contributed by atoms with E-state index < -0.39 is 0 Å². The van der Waals surface area contributed by atoms with Crippen molar-refractivity contribution in [3.8, 4) is 5.75 Å². The monoisotopic (exact) mass is 331 g/mol. The zero-order valence-electron chi connectivity index (χ0n) is 12.5. The normalized spacial score (nSPS) is 10.4. The molecule has 3 aromatic rings. The molecule has 0 aliphatic heterocycles. The van der Waals surface area contributed by atoms with Crippen molar-refractivity contribution in [2.24, 2.45) is 0 Å². The lowest BCUT2D eigenvalue weighted by atomic mass is 10.3. The van der Waals surface area contributed by atoms with E-state index >= 15 is 0 Å². The molecule has 8 heteroatoms. The van der Waals surface area contributed by atoms with Crippen LogP contribution in [0.25, 0.3) is 0 Å². The van der Waals surface area contributed by atoms with E-state index in [0.29, 0.717) is 39.8 Å². The summed E-state index contributed by atoms with van der Waals surface area (Å²) in [6, 6.07) is 8.76. The lowest BCUT2D eigenvalue weighted by Crippen LogP contribution is -2.01. The fourth-order valence-electron chi connectivity index (χ4n) is 1.94. The van der Waals surface area contributed by atoms with Crippen LogP contribution in [0.2, 0.25) is 5.02 Å². The highest BCUT2D eigenvalue weighted by Gasteiger charge is 2.07. The highest BCUT2D eigenvalue weighted by atomic mass is 35.5. The van der Waals surface area contributed by atoms with Gasteiger partial charge in [0.05, 0.1) is 12.8 Å². The van der Waals surface area contributed by atoms with E-state index in [-0.39, 0.29) is 0 Å². The zero-order chi connectivity index (χ0) is 16.2. The molecule has 2 heterocycles. The quantitative estimate of drug-likeness (QED) is 0.732. The Hall–Kier alpha value is -2.80. The number of benzene rings is 1. The van der Waals surface area contributed by atoms with Crippen molar-refractivity contribution in [3.05, 3.63) is 47.3 Å². The SMILES string of the molecule is COc1ccc(Cl)cc1Nc1nccc(Nc2cc(C)on2)n1. The molecule has 0 radical (unpaired) electrons. The smallest absolute Gasteiger partial charge is 0.229 e. The van der Waals surface area contributed by atoms with Gasteiger partial charge in [-0.05, 0) is 31.2 Å². The first-order valence-electron chi connectivity index (χ1n) is 6.78. The third kappa shape index (κ3) is 3.70. The first-order chi connectivity index (χ1) is 11.1. The van der Waals surface area contributed by atoms with Gasteiger partial charge in [0.15, 0.2) is 5.82 Å². The minimum absolute atomic E-state index is 0.399. The van der Waals surface area contributed by atoms with Crippen LogP contribution in [0.1, 0.15) is 5.76 Å². The van der Waals surface area contributed by atoms with Crippen LogP contribution in [0, 0.1) is 6.92 Å². The van der Waals surface area contributed by atoms with Crippen LogP contribution in [-0.4, -0.2) is 22.2 Å². The molecular formula is C15H14ClN5O2. The number of halogens is 1. The molecule has 0 aliphatic rings. The Bertz CT molecular complexity index is 821. The number of anilines is 4. The molecule has 0 amide bonds. The molecule has 118 valence electrons. The van der Waals surface area contributed by atoms with Crippen LogP contribution in [0.15, 0.2) is 41.1 Å². The summed E-state index contributed by atoms with van der Waals surface area (Å²) in [6.07, 6.45) is 1.63. The topological polar surface area (TPSA) is 85.1 Å². The molecule has 0 fully saturated rings. The standard InChI is InChI=1S/C15H14ClN5O2/c1-9-7-14(21-23-9)19-13-5-6-17-15(20-13)18-11-8-10(16)3-4-12(11)22-2/h3-8H,1-2H3,(H2,17,18,19,20,21). The number of hydrogen-bond acceptors (Lipinski definition) is 7. The third-order valence-electron chi connectivity index (χ3n) is 2.95. The Balaban J connectivity index is 1.81. The Kier molecular flexibility index (Phi) is 4.29. The number of ether oxygens (including phenoxy) is 1. The van der Waals surface area contributed by atoms with Crippen molar-refractivity contribution in [3.63, 3.8) is 0 Å². The highest BCUT2D eigenvalue weighted by Crippen LogP contribution is 2.29. The fraction of sp³-hybridized carbons (Fsp3) is 0.133. The van der Waals surface area contributed by atoms with Crippen LogP contribution >= 0.6 is 11.6 Å². The average Bonchev–Trinajstić information content (AvgIpc) is 2.93. The van der Waals surface area contributed by atoms with Crippen LogP contribution in [0.4, 0.5) is 23.3 Å². The second kappa shape index (κ2) is 6.53. The summed E-state index contributed by atoms with van der Waals surface area (Å²) in [7, 11) is 1.58. The van der Waals surface area contributed by atoms with Gasteiger partial charge < -0.3 is 19.9 Å². The van der Waals surface area contributed by atoms with Crippen molar-refractivity contribution in [1.29, 1.82) is 0 Å². The van der Waals surface area contributed by atoms with Crippen molar-refractivity contribution in [2.45, 2.75) is 6.92 Å². The van der Waals surface area contributed by atoms with Crippen molar-refractivity contribution in [2.75, 3.05) is 17.7 Å². The lowest BCUT2D eigenvalue weighted by Gasteiger charge is -2.11. The molecule has 0 saturated carbocycles. The maximum absolute atomic E-state index is 6.01. The number of nitrogens with one attached hydrogen (secondary N) is 2. The molecule has 0 aliphatic carbocycles. The Labute approximate surface area is 137 Å². The van der Waals surface area contributed by atoms with Gasteiger partial charge in [0.2, 0.25) is 5.95 Å². The Morgan fingerprint density at radius 1 is 1.13 bits per heavy atom. The van der Waals surface area contributed by atoms with Crippen LogP contribution < -0.4 is 15.4 Å². The van der Waals surface area contributed by atoms with Crippen LogP contribution in [0.5, 0.6) is 5.75 Å². The molecule has 2 N–H and O–H groups in total. The Morgan fingerprint density at radius 2 is 2.00 bits per heavy atom. The number of hydrogen-bond donors (Lipinski definition) is 2. The molecule has 7 nitrogen and oxygen atoms in total. The average molecular weight is 332 g/mol. The van der Waals surface area contributed by atoms with Gasteiger partial charge in [-0.2, -0.15) is 4.98 Å². The minimum atomic E-state index is 0.399. The minimum Gasteiger partial charge on any atom is -0.495 e. The van der Waals surface area contributed by atoms with Gasteiger partial charge in [-0.25, -0.2) is 4.98 Å². The molecule has 1 aromatic carbocycles. The first-order valence-corrected chi connectivity index (χ1v) is 7.16. The predicted octanol–water partition coefficient (Wildman–Crippen LogP) is 3.92. The molecule has 3 rings (SSSR count). The van der Waals surface area contributed by atoms with Crippen LogP contribution in [-0.2, 0) is 0 Å². The second-order valence-corrected chi connectivity index (χ2v) is 5.12. The maximum Gasteiger partial charge on any atom is 0.229 e. The number of aromatic nitrogens is 3. The van der Waals surface area contributed by atoms with Gasteiger partial charge in [0.25, 0.3) is 0 Å². The van der Waals surface area contributed by atoms with Gasteiger partial charge in [0.1, 0.15) is 17.3 Å². The summed E-state index contributed by atoms with van der Waals surface area (Å²) in [4.78, 5) is 8.55. The number of aryl methyl sites for hydroxylation is 1. The Morgan fingerprint density at radius 3 is 2.74 bits per heavy atom. The number of methoxy groups -OCH3 is 1. The summed E-state index contributed by atoms with van der Waals surface area (Å²) in [5.41, 5.74) is 0.675. The van der Waals surface area contributed by atoms with E-state index in [0.717, 1.165) is 0 Å². The number of nitrogens with zero attached hydrogens (tertiary/aromatic N) is 3. The van der Waals surface area contributed by atoms with E-state index in [9.17, 15) is 0 Å². The largest absolute Gasteiger partial charge is 0.495 e. The fourth-order valence-corrected chi connectivity index (χ4v) is 2.12. The van der Waals surface area contributed by atoms with E-state index in [1.165, 1.54) is 0 Å². The van der Waals surface area contributed by atoms with Crippen molar-refractivity contribution >= 4 is 34.9 Å². The summed E-state index contributed by atoms with van der Waals surface area (Å²) in [5, 5.41) is 10.6.